The molecule has 3 nitrogen and oxygen atoms in total. The molecule has 0 unspecified atom stereocenters. The predicted octanol–water partition coefficient (Wildman–Crippen LogP) is 4.21. The van der Waals surface area contributed by atoms with Crippen LogP contribution in [-0.2, 0) is 6.42 Å². The zero-order valence-electron chi connectivity index (χ0n) is 11.3. The molecule has 3 rings (SSSR count). The minimum absolute atomic E-state index is 0.736. The molecular formula is C16H16ClN3. The Hall–Kier alpha value is -2.00. The number of nitrogens with zero attached hydrogens (tertiary/aromatic N) is 2. The Kier molecular flexibility index (Phi) is 3.36. The van der Waals surface area contributed by atoms with Gasteiger partial charge in [0.2, 0.25) is 0 Å². The maximum absolute atomic E-state index is 5.97. The number of imidazole rings is 1. The number of nitrogens with two attached hydrogens (primary N) is 1. The van der Waals surface area contributed by atoms with Crippen LogP contribution in [0.1, 0.15) is 19.2 Å². The van der Waals surface area contributed by atoms with Crippen LogP contribution in [0, 0.1) is 0 Å². The van der Waals surface area contributed by atoms with Crippen molar-refractivity contribution in [2.24, 2.45) is 0 Å². The first-order chi connectivity index (χ1) is 9.69. The number of aromatic nitrogens is 2. The van der Waals surface area contributed by atoms with Crippen LogP contribution in [-0.4, -0.2) is 9.55 Å². The smallest absolute Gasteiger partial charge is 0.114 e. The van der Waals surface area contributed by atoms with Gasteiger partial charge >= 0.3 is 0 Å². The average molecular weight is 286 g/mol. The van der Waals surface area contributed by atoms with Gasteiger partial charge < -0.3 is 5.73 Å². The summed E-state index contributed by atoms with van der Waals surface area (Å²) in [4.78, 5) is 4.71. The van der Waals surface area contributed by atoms with Gasteiger partial charge in [-0.15, -0.1) is 0 Å². The van der Waals surface area contributed by atoms with Crippen molar-refractivity contribution in [1.82, 2.24) is 9.55 Å². The van der Waals surface area contributed by atoms with E-state index in [-0.39, 0.29) is 0 Å². The van der Waals surface area contributed by atoms with Crippen molar-refractivity contribution in [2.45, 2.75) is 19.8 Å². The molecule has 0 aliphatic rings. The maximum Gasteiger partial charge on any atom is 0.114 e. The standard InChI is InChI=1S/C16H16ClN3/c1-2-3-16-19-14-10-12(18)6-9-15(14)20(16)13-7-4-11(17)5-8-13/h4-10H,2-3,18H2,1H3. The fourth-order valence-corrected chi connectivity index (χ4v) is 2.54. The van der Waals surface area contributed by atoms with E-state index in [0.717, 1.165) is 46.1 Å². The Morgan fingerprint density at radius 2 is 1.90 bits per heavy atom. The number of halogens is 1. The van der Waals surface area contributed by atoms with Crippen LogP contribution in [0.2, 0.25) is 5.02 Å². The Balaban J connectivity index is 2.25. The number of hydrogen-bond acceptors (Lipinski definition) is 2. The van der Waals surface area contributed by atoms with E-state index in [9.17, 15) is 0 Å². The molecule has 3 aromatic rings. The Labute approximate surface area is 123 Å². The van der Waals surface area contributed by atoms with Crippen LogP contribution >= 0.6 is 11.6 Å². The second-order valence-electron chi connectivity index (χ2n) is 4.84. The second kappa shape index (κ2) is 5.17. The minimum atomic E-state index is 0.736. The van der Waals surface area contributed by atoms with E-state index in [2.05, 4.69) is 11.5 Å². The quantitative estimate of drug-likeness (QED) is 0.733. The van der Waals surface area contributed by atoms with Gasteiger partial charge in [-0.2, -0.15) is 0 Å². The maximum atomic E-state index is 5.97. The van der Waals surface area contributed by atoms with E-state index in [1.54, 1.807) is 0 Å². The topological polar surface area (TPSA) is 43.8 Å². The van der Waals surface area contributed by atoms with Gasteiger partial charge in [-0.25, -0.2) is 4.98 Å². The van der Waals surface area contributed by atoms with Crippen LogP contribution in [0.25, 0.3) is 16.7 Å². The van der Waals surface area contributed by atoms with Crippen molar-refractivity contribution in [1.29, 1.82) is 0 Å². The molecule has 1 heterocycles. The van der Waals surface area contributed by atoms with Crippen LogP contribution in [0.3, 0.4) is 0 Å². The lowest BCUT2D eigenvalue weighted by molar-refractivity contribution is 0.818. The molecule has 0 aliphatic carbocycles. The van der Waals surface area contributed by atoms with Crippen LogP contribution < -0.4 is 5.73 Å². The summed E-state index contributed by atoms with van der Waals surface area (Å²) in [6.45, 7) is 2.15. The van der Waals surface area contributed by atoms with E-state index >= 15 is 0 Å². The molecule has 0 saturated heterocycles. The largest absolute Gasteiger partial charge is 0.399 e. The van der Waals surface area contributed by atoms with Crippen LogP contribution in [0.5, 0.6) is 0 Å². The summed E-state index contributed by atoms with van der Waals surface area (Å²) < 4.78 is 2.18. The highest BCUT2D eigenvalue weighted by atomic mass is 35.5. The number of anilines is 1. The number of fused-ring (bicyclic) bond motifs is 1. The molecule has 4 heteroatoms. The molecule has 0 radical (unpaired) electrons. The Bertz CT molecular complexity index is 744. The fraction of sp³-hybridized carbons (Fsp3) is 0.188. The second-order valence-corrected chi connectivity index (χ2v) is 5.27. The van der Waals surface area contributed by atoms with Crippen molar-refractivity contribution >= 4 is 28.3 Å². The lowest BCUT2D eigenvalue weighted by Crippen LogP contribution is -2.00. The first-order valence-corrected chi connectivity index (χ1v) is 7.09. The zero-order valence-corrected chi connectivity index (χ0v) is 12.1. The average Bonchev–Trinajstić information content (AvgIpc) is 2.77. The third-order valence-corrected chi connectivity index (χ3v) is 3.56. The van der Waals surface area contributed by atoms with E-state index in [0.29, 0.717) is 0 Å². The van der Waals surface area contributed by atoms with Gasteiger partial charge in [-0.05, 0) is 48.9 Å². The van der Waals surface area contributed by atoms with Crippen molar-refractivity contribution in [3.8, 4) is 5.69 Å². The van der Waals surface area contributed by atoms with E-state index < -0.39 is 0 Å². The third kappa shape index (κ3) is 2.25. The number of nitrogen functional groups attached to an aromatic ring is 1. The number of benzene rings is 2. The predicted molar refractivity (Wildman–Crippen MR) is 84.5 cm³/mol. The van der Waals surface area contributed by atoms with Crippen LogP contribution in [0.4, 0.5) is 5.69 Å². The van der Waals surface area contributed by atoms with Gasteiger partial charge in [0.1, 0.15) is 5.82 Å². The Morgan fingerprint density at radius 1 is 1.15 bits per heavy atom. The molecule has 0 bridgehead atoms. The van der Waals surface area contributed by atoms with Crippen molar-refractivity contribution in [3.05, 3.63) is 53.3 Å². The van der Waals surface area contributed by atoms with Gasteiger partial charge in [-0.1, -0.05) is 18.5 Å². The highest BCUT2D eigenvalue weighted by Gasteiger charge is 2.11. The molecule has 2 aromatic carbocycles. The third-order valence-electron chi connectivity index (χ3n) is 3.31. The number of hydrogen-bond donors (Lipinski definition) is 1. The summed E-state index contributed by atoms with van der Waals surface area (Å²) in [5.41, 5.74) is 9.67. The van der Waals surface area contributed by atoms with Gasteiger partial charge in [0.05, 0.1) is 11.0 Å². The molecular weight excluding hydrogens is 270 g/mol. The molecule has 0 aliphatic heterocycles. The molecule has 0 spiro atoms. The molecule has 0 fully saturated rings. The van der Waals surface area contributed by atoms with E-state index in [4.69, 9.17) is 22.3 Å². The molecule has 0 atom stereocenters. The van der Waals surface area contributed by atoms with Gasteiger partial charge in [0, 0.05) is 22.8 Å². The van der Waals surface area contributed by atoms with E-state index in [1.165, 1.54) is 0 Å². The summed E-state index contributed by atoms with van der Waals surface area (Å²) in [7, 11) is 0. The van der Waals surface area contributed by atoms with Crippen molar-refractivity contribution in [3.63, 3.8) is 0 Å². The fourth-order valence-electron chi connectivity index (χ4n) is 2.42. The molecule has 102 valence electrons. The van der Waals surface area contributed by atoms with Crippen molar-refractivity contribution in [2.75, 3.05) is 5.73 Å². The summed E-state index contributed by atoms with van der Waals surface area (Å²) in [6.07, 6.45) is 1.98. The summed E-state index contributed by atoms with van der Waals surface area (Å²) in [6, 6.07) is 13.7. The number of rotatable bonds is 3. The highest BCUT2D eigenvalue weighted by molar-refractivity contribution is 6.30. The van der Waals surface area contributed by atoms with Gasteiger partial charge in [-0.3, -0.25) is 4.57 Å². The molecule has 20 heavy (non-hydrogen) atoms. The zero-order chi connectivity index (χ0) is 14.1. The van der Waals surface area contributed by atoms with E-state index in [1.807, 2.05) is 42.5 Å². The lowest BCUT2D eigenvalue weighted by atomic mass is 10.2. The summed E-state index contributed by atoms with van der Waals surface area (Å²) in [5, 5.41) is 0.736. The molecule has 2 N–H and O–H groups in total. The SMILES string of the molecule is CCCc1nc2cc(N)ccc2n1-c1ccc(Cl)cc1. The van der Waals surface area contributed by atoms with Crippen molar-refractivity contribution < 1.29 is 0 Å². The molecule has 1 aromatic heterocycles. The summed E-state index contributed by atoms with van der Waals surface area (Å²) in [5.74, 6) is 1.05. The lowest BCUT2D eigenvalue weighted by Gasteiger charge is -2.09. The van der Waals surface area contributed by atoms with Crippen LogP contribution in [0.15, 0.2) is 42.5 Å². The first-order valence-electron chi connectivity index (χ1n) is 6.72. The monoisotopic (exact) mass is 285 g/mol. The highest BCUT2D eigenvalue weighted by Crippen LogP contribution is 2.25. The minimum Gasteiger partial charge on any atom is -0.399 e. The normalized spacial score (nSPS) is 11.1. The molecule has 0 amide bonds. The first kappa shape index (κ1) is 13.0. The van der Waals surface area contributed by atoms with Gasteiger partial charge in [0.25, 0.3) is 0 Å². The molecule has 0 saturated carbocycles. The summed E-state index contributed by atoms with van der Waals surface area (Å²) >= 11 is 5.97. The number of aryl methyl sites for hydroxylation is 1. The van der Waals surface area contributed by atoms with Gasteiger partial charge in [0.15, 0.2) is 0 Å². The Morgan fingerprint density at radius 3 is 2.60 bits per heavy atom.